The number of halogens is 1. The second kappa shape index (κ2) is 4.28. The molecule has 0 aliphatic rings. The molecule has 0 amide bonds. The van der Waals surface area contributed by atoms with Crippen molar-refractivity contribution in [2.24, 2.45) is 0 Å². The summed E-state index contributed by atoms with van der Waals surface area (Å²) in [7, 11) is 0. The summed E-state index contributed by atoms with van der Waals surface area (Å²) >= 11 is 3.41. The molecule has 0 aliphatic heterocycles. The summed E-state index contributed by atoms with van der Waals surface area (Å²) in [5.74, 6) is 0. The van der Waals surface area contributed by atoms with Crippen LogP contribution in [0.2, 0.25) is 0 Å². The van der Waals surface area contributed by atoms with Crippen LogP contribution in [-0.2, 0) is 6.54 Å². The largest absolute Gasteiger partial charge is 0.379 e. The molecule has 3 nitrogen and oxygen atoms in total. The topological polar surface area (TPSA) is 38.1 Å². The van der Waals surface area contributed by atoms with Crippen molar-refractivity contribution in [3.05, 3.63) is 46.8 Å². The van der Waals surface area contributed by atoms with Gasteiger partial charge in [0.2, 0.25) is 0 Å². The number of rotatable bonds is 3. The van der Waals surface area contributed by atoms with Gasteiger partial charge in [0, 0.05) is 16.2 Å². The zero-order chi connectivity index (χ0) is 9.80. The van der Waals surface area contributed by atoms with Crippen LogP contribution in [0.3, 0.4) is 0 Å². The molecule has 0 aliphatic carbocycles. The Labute approximate surface area is 90.2 Å². The maximum atomic E-state index is 4.73. The van der Waals surface area contributed by atoms with Crippen molar-refractivity contribution in [2.75, 3.05) is 5.32 Å². The maximum absolute atomic E-state index is 4.73. The van der Waals surface area contributed by atoms with Crippen LogP contribution in [0.1, 0.15) is 5.69 Å². The fourth-order valence-corrected chi connectivity index (χ4v) is 1.52. The molecule has 0 spiro atoms. The van der Waals surface area contributed by atoms with Crippen molar-refractivity contribution in [1.29, 1.82) is 0 Å². The zero-order valence-corrected chi connectivity index (χ0v) is 8.99. The number of aromatic nitrogens is 1. The summed E-state index contributed by atoms with van der Waals surface area (Å²) in [6.45, 7) is 0.674. The Morgan fingerprint density at radius 1 is 1.36 bits per heavy atom. The van der Waals surface area contributed by atoms with Gasteiger partial charge in [-0.1, -0.05) is 27.2 Å². The van der Waals surface area contributed by atoms with Crippen LogP contribution in [0.4, 0.5) is 5.69 Å². The molecule has 0 atom stereocenters. The molecule has 1 heterocycles. The van der Waals surface area contributed by atoms with Gasteiger partial charge in [0.25, 0.3) is 0 Å². The summed E-state index contributed by atoms with van der Waals surface area (Å²) in [6, 6.07) is 9.83. The van der Waals surface area contributed by atoms with E-state index in [0.717, 1.165) is 15.9 Å². The van der Waals surface area contributed by atoms with Crippen molar-refractivity contribution in [3.63, 3.8) is 0 Å². The Hall–Kier alpha value is -1.29. The van der Waals surface area contributed by atoms with Gasteiger partial charge in [0.05, 0.1) is 6.54 Å². The third-order valence-corrected chi connectivity index (χ3v) is 2.28. The average Bonchev–Trinajstić information content (AvgIpc) is 2.67. The Balaban J connectivity index is 1.98. The number of anilines is 1. The Morgan fingerprint density at radius 3 is 3.00 bits per heavy atom. The molecule has 1 N–H and O–H groups in total. The van der Waals surface area contributed by atoms with E-state index < -0.39 is 0 Å². The predicted octanol–water partition coefficient (Wildman–Crippen LogP) is 3.05. The van der Waals surface area contributed by atoms with Crippen molar-refractivity contribution in [1.82, 2.24) is 5.16 Å². The van der Waals surface area contributed by atoms with E-state index in [0.29, 0.717) is 6.54 Å². The highest BCUT2D eigenvalue weighted by Crippen LogP contribution is 2.16. The molecule has 0 unspecified atom stereocenters. The second-order valence-electron chi connectivity index (χ2n) is 2.85. The second-order valence-corrected chi connectivity index (χ2v) is 3.77. The molecule has 0 saturated heterocycles. The van der Waals surface area contributed by atoms with Gasteiger partial charge in [-0.3, -0.25) is 0 Å². The first-order valence-corrected chi connectivity index (χ1v) is 5.02. The Bertz CT molecular complexity index is 400. The lowest BCUT2D eigenvalue weighted by atomic mass is 10.3. The fraction of sp³-hybridized carbons (Fsp3) is 0.100. The number of hydrogen-bond donors (Lipinski definition) is 1. The van der Waals surface area contributed by atoms with E-state index in [1.165, 1.54) is 0 Å². The van der Waals surface area contributed by atoms with Crippen molar-refractivity contribution < 1.29 is 4.52 Å². The first-order chi connectivity index (χ1) is 6.84. The third kappa shape index (κ3) is 2.35. The van der Waals surface area contributed by atoms with Crippen molar-refractivity contribution in [3.8, 4) is 0 Å². The van der Waals surface area contributed by atoms with E-state index in [1.807, 2.05) is 30.3 Å². The van der Waals surface area contributed by atoms with Crippen LogP contribution in [0.15, 0.2) is 45.6 Å². The van der Waals surface area contributed by atoms with Gasteiger partial charge < -0.3 is 9.84 Å². The standard InChI is InChI=1S/C10H9BrN2O/c11-8-2-1-3-9(6-8)12-7-10-4-5-14-13-10/h1-6,12H,7H2. The van der Waals surface area contributed by atoms with Crippen LogP contribution in [-0.4, -0.2) is 5.16 Å². The molecule has 0 saturated carbocycles. The Morgan fingerprint density at radius 2 is 2.29 bits per heavy atom. The van der Waals surface area contributed by atoms with E-state index in [1.54, 1.807) is 6.26 Å². The van der Waals surface area contributed by atoms with Crippen LogP contribution in [0.5, 0.6) is 0 Å². The molecule has 0 fully saturated rings. The van der Waals surface area contributed by atoms with Crippen LogP contribution < -0.4 is 5.32 Å². The number of benzene rings is 1. The van der Waals surface area contributed by atoms with E-state index in [2.05, 4.69) is 26.4 Å². The summed E-state index contributed by atoms with van der Waals surface area (Å²) in [5, 5.41) is 7.04. The highest BCUT2D eigenvalue weighted by Gasteiger charge is 1.96. The Kier molecular flexibility index (Phi) is 2.84. The van der Waals surface area contributed by atoms with Gasteiger partial charge >= 0.3 is 0 Å². The van der Waals surface area contributed by atoms with Crippen LogP contribution in [0.25, 0.3) is 0 Å². The van der Waals surface area contributed by atoms with Gasteiger partial charge in [0.1, 0.15) is 12.0 Å². The SMILES string of the molecule is Brc1cccc(NCc2ccon2)c1. The highest BCUT2D eigenvalue weighted by atomic mass is 79.9. The first kappa shape index (κ1) is 9.27. The molecule has 0 bridgehead atoms. The molecule has 0 radical (unpaired) electrons. The van der Waals surface area contributed by atoms with E-state index in [9.17, 15) is 0 Å². The van der Waals surface area contributed by atoms with E-state index in [4.69, 9.17) is 4.52 Å². The summed E-state index contributed by atoms with van der Waals surface area (Å²) < 4.78 is 5.79. The van der Waals surface area contributed by atoms with E-state index in [-0.39, 0.29) is 0 Å². The monoisotopic (exact) mass is 252 g/mol. The van der Waals surface area contributed by atoms with Gasteiger partial charge in [-0.15, -0.1) is 0 Å². The lowest BCUT2D eigenvalue weighted by molar-refractivity contribution is 0.412. The minimum Gasteiger partial charge on any atom is -0.379 e. The lowest BCUT2D eigenvalue weighted by Crippen LogP contribution is -1.98. The molecular formula is C10H9BrN2O. The van der Waals surface area contributed by atoms with Gasteiger partial charge in [-0.2, -0.15) is 0 Å². The van der Waals surface area contributed by atoms with Gasteiger partial charge in [-0.25, -0.2) is 0 Å². The van der Waals surface area contributed by atoms with Crippen LogP contribution in [0, 0.1) is 0 Å². The summed E-state index contributed by atoms with van der Waals surface area (Å²) in [5.41, 5.74) is 1.95. The third-order valence-electron chi connectivity index (χ3n) is 1.79. The summed E-state index contributed by atoms with van der Waals surface area (Å²) in [4.78, 5) is 0. The molecule has 72 valence electrons. The molecule has 14 heavy (non-hydrogen) atoms. The molecule has 1 aromatic heterocycles. The smallest absolute Gasteiger partial charge is 0.124 e. The normalized spacial score (nSPS) is 10.1. The first-order valence-electron chi connectivity index (χ1n) is 4.23. The number of nitrogens with one attached hydrogen (secondary N) is 1. The lowest BCUT2D eigenvalue weighted by Gasteiger charge is -2.03. The van der Waals surface area contributed by atoms with Gasteiger partial charge in [-0.05, 0) is 18.2 Å². The average molecular weight is 253 g/mol. The minimum atomic E-state index is 0.674. The molecule has 2 rings (SSSR count). The highest BCUT2D eigenvalue weighted by molar-refractivity contribution is 9.10. The molecule has 2 aromatic rings. The van der Waals surface area contributed by atoms with Crippen LogP contribution >= 0.6 is 15.9 Å². The van der Waals surface area contributed by atoms with Crippen molar-refractivity contribution >= 4 is 21.6 Å². The number of nitrogens with zero attached hydrogens (tertiary/aromatic N) is 1. The minimum absolute atomic E-state index is 0.674. The summed E-state index contributed by atoms with van der Waals surface area (Å²) in [6.07, 6.45) is 1.57. The maximum Gasteiger partial charge on any atom is 0.124 e. The number of hydrogen-bond acceptors (Lipinski definition) is 3. The molecule has 4 heteroatoms. The fourth-order valence-electron chi connectivity index (χ4n) is 1.12. The van der Waals surface area contributed by atoms with Gasteiger partial charge in [0.15, 0.2) is 0 Å². The zero-order valence-electron chi connectivity index (χ0n) is 7.40. The van der Waals surface area contributed by atoms with Crippen molar-refractivity contribution in [2.45, 2.75) is 6.54 Å². The quantitative estimate of drug-likeness (QED) is 0.913. The molecular weight excluding hydrogens is 244 g/mol. The van der Waals surface area contributed by atoms with E-state index >= 15 is 0 Å². The molecule has 1 aromatic carbocycles. The predicted molar refractivity (Wildman–Crippen MR) is 58.0 cm³/mol.